The predicted molar refractivity (Wildman–Crippen MR) is 112 cm³/mol. The van der Waals surface area contributed by atoms with Crippen molar-refractivity contribution in [3.05, 3.63) is 42.5 Å². The number of likely N-dealkylation sites (N-methyl/N-ethyl adjacent to an activating group) is 1. The minimum Gasteiger partial charge on any atom is -0.497 e. The summed E-state index contributed by atoms with van der Waals surface area (Å²) in [6.45, 7) is 7.29. The van der Waals surface area contributed by atoms with Crippen LogP contribution in [0.4, 0.5) is 10.2 Å². The molecule has 0 aliphatic carbocycles. The van der Waals surface area contributed by atoms with Crippen LogP contribution in [-0.4, -0.2) is 77.3 Å². The number of fused-ring (bicyclic) bond motifs is 1. The largest absolute Gasteiger partial charge is 0.497 e. The number of benzene rings is 1. The van der Waals surface area contributed by atoms with Gasteiger partial charge in [0.05, 0.1) is 13.3 Å². The summed E-state index contributed by atoms with van der Waals surface area (Å²) < 4.78 is 21.3. The summed E-state index contributed by atoms with van der Waals surface area (Å²) in [4.78, 5) is 9.53. The lowest BCUT2D eigenvalue weighted by molar-refractivity contribution is 0.104. The van der Waals surface area contributed by atoms with Gasteiger partial charge in [0.2, 0.25) is 0 Å². The molecule has 0 spiro atoms. The summed E-state index contributed by atoms with van der Waals surface area (Å²) >= 11 is 0. The summed E-state index contributed by atoms with van der Waals surface area (Å²) in [7, 11) is 3.73. The van der Waals surface area contributed by atoms with E-state index in [2.05, 4.69) is 39.2 Å². The average Bonchev–Trinajstić information content (AvgIpc) is 3.13. The minimum absolute atomic E-state index is 0.329. The van der Waals surface area contributed by atoms with Crippen LogP contribution in [-0.2, 0) is 0 Å². The Hall–Kier alpha value is -2.71. The van der Waals surface area contributed by atoms with Gasteiger partial charge in [-0.3, -0.25) is 4.90 Å². The third kappa shape index (κ3) is 4.18. The van der Waals surface area contributed by atoms with Gasteiger partial charge in [0, 0.05) is 56.1 Å². The van der Waals surface area contributed by atoms with Gasteiger partial charge in [0.25, 0.3) is 0 Å². The van der Waals surface area contributed by atoms with Crippen molar-refractivity contribution in [1.29, 1.82) is 0 Å². The summed E-state index contributed by atoms with van der Waals surface area (Å²) in [6.07, 6.45) is 3.47. The van der Waals surface area contributed by atoms with Gasteiger partial charge in [0.15, 0.2) is 5.65 Å². The van der Waals surface area contributed by atoms with Crippen molar-refractivity contribution < 1.29 is 9.13 Å². The number of anilines is 1. The number of methoxy groups -OCH3 is 1. The zero-order chi connectivity index (χ0) is 20.4. The zero-order valence-electron chi connectivity index (χ0n) is 17.1. The molecule has 1 aromatic carbocycles. The van der Waals surface area contributed by atoms with E-state index in [0.29, 0.717) is 28.6 Å². The van der Waals surface area contributed by atoms with Gasteiger partial charge in [0.1, 0.15) is 17.4 Å². The Labute approximate surface area is 170 Å². The third-order valence-corrected chi connectivity index (χ3v) is 5.51. The van der Waals surface area contributed by atoms with Crippen molar-refractivity contribution in [2.24, 2.45) is 0 Å². The van der Waals surface area contributed by atoms with Crippen LogP contribution in [0.5, 0.6) is 5.75 Å². The molecule has 0 radical (unpaired) electrons. The topological polar surface area (TPSA) is 57.9 Å². The second kappa shape index (κ2) is 8.34. The van der Waals surface area contributed by atoms with Crippen molar-refractivity contribution in [2.75, 3.05) is 52.2 Å². The highest BCUT2D eigenvalue weighted by molar-refractivity contribution is 5.78. The third-order valence-electron chi connectivity index (χ3n) is 5.51. The van der Waals surface area contributed by atoms with E-state index in [9.17, 15) is 4.39 Å². The molecule has 0 saturated carbocycles. The molecule has 29 heavy (non-hydrogen) atoms. The molecule has 7 nitrogen and oxygen atoms in total. The highest BCUT2D eigenvalue weighted by Crippen LogP contribution is 2.29. The first-order valence-corrected chi connectivity index (χ1v) is 9.90. The Kier molecular flexibility index (Phi) is 5.64. The van der Waals surface area contributed by atoms with Crippen LogP contribution in [0.3, 0.4) is 0 Å². The Morgan fingerprint density at radius 1 is 1.24 bits per heavy atom. The first kappa shape index (κ1) is 19.6. The molecule has 0 unspecified atom stereocenters. The second-order valence-electron chi connectivity index (χ2n) is 7.56. The van der Waals surface area contributed by atoms with Crippen LogP contribution in [0.2, 0.25) is 0 Å². The van der Waals surface area contributed by atoms with Crippen LogP contribution in [0.1, 0.15) is 6.92 Å². The number of hydrogen-bond donors (Lipinski definition) is 1. The fraction of sp³-hybridized carbons (Fsp3) is 0.429. The summed E-state index contributed by atoms with van der Waals surface area (Å²) in [5.41, 5.74) is 1.67. The zero-order valence-corrected chi connectivity index (χ0v) is 17.1. The number of nitrogens with one attached hydrogen (secondary N) is 1. The molecule has 1 aliphatic heterocycles. The maximum absolute atomic E-state index is 14.4. The maximum Gasteiger partial charge on any atom is 0.165 e. The van der Waals surface area contributed by atoms with Gasteiger partial charge >= 0.3 is 0 Å². The molecule has 1 atom stereocenters. The summed E-state index contributed by atoms with van der Waals surface area (Å²) in [5.74, 6) is 1.02. The van der Waals surface area contributed by atoms with Gasteiger partial charge in [-0.15, -0.1) is 0 Å². The Balaban J connectivity index is 1.50. The lowest BCUT2D eigenvalue weighted by Gasteiger charge is -2.38. The molecule has 1 aliphatic rings. The number of piperazine rings is 1. The Morgan fingerprint density at radius 2 is 2.10 bits per heavy atom. The van der Waals surface area contributed by atoms with E-state index >= 15 is 0 Å². The molecule has 1 N–H and O–H groups in total. The molecule has 154 valence electrons. The molecule has 8 heteroatoms. The fourth-order valence-electron chi connectivity index (χ4n) is 3.83. The van der Waals surface area contributed by atoms with E-state index in [1.165, 1.54) is 6.07 Å². The number of nitrogens with zero attached hydrogens (tertiary/aromatic N) is 5. The van der Waals surface area contributed by atoms with Gasteiger partial charge in [-0.2, -0.15) is 5.10 Å². The van der Waals surface area contributed by atoms with E-state index in [0.717, 1.165) is 38.5 Å². The smallest absolute Gasteiger partial charge is 0.165 e. The average molecular weight is 398 g/mol. The molecule has 3 aromatic rings. The van der Waals surface area contributed by atoms with Crippen LogP contribution in [0.25, 0.3) is 16.8 Å². The molecule has 2 aromatic heterocycles. The number of hydrogen-bond acceptors (Lipinski definition) is 6. The molecule has 1 fully saturated rings. The van der Waals surface area contributed by atoms with Crippen molar-refractivity contribution in [2.45, 2.75) is 13.0 Å². The first-order valence-electron chi connectivity index (χ1n) is 9.90. The normalized spacial score (nSPS) is 18.3. The highest BCUT2D eigenvalue weighted by Gasteiger charge is 2.20. The van der Waals surface area contributed by atoms with Crippen LogP contribution in [0.15, 0.2) is 36.7 Å². The molecule has 0 bridgehead atoms. The lowest BCUT2D eigenvalue weighted by atomic mass is 10.1. The van der Waals surface area contributed by atoms with E-state index in [1.807, 2.05) is 12.3 Å². The van der Waals surface area contributed by atoms with Gasteiger partial charge in [-0.05, 0) is 38.2 Å². The predicted octanol–water partition coefficient (Wildman–Crippen LogP) is 2.59. The van der Waals surface area contributed by atoms with Crippen molar-refractivity contribution in [3.8, 4) is 16.9 Å². The van der Waals surface area contributed by atoms with Crippen molar-refractivity contribution in [1.82, 2.24) is 24.4 Å². The van der Waals surface area contributed by atoms with E-state index in [4.69, 9.17) is 4.74 Å². The molecular weight excluding hydrogens is 371 g/mol. The monoisotopic (exact) mass is 398 g/mol. The first-order chi connectivity index (χ1) is 14.0. The number of halogens is 1. The fourth-order valence-corrected chi connectivity index (χ4v) is 3.83. The standard InChI is InChI=1S/C21H27FN6O/c1-15-14-26(2)10-11-27(15)9-7-23-20-6-8-28-21(25-20)18(13-24-28)17-12-16(29-3)4-5-19(17)22/h4-6,8,12-13,15H,7,9-11,14H2,1-3H3,(H,23,25)/t15-/m0/s1. The summed E-state index contributed by atoms with van der Waals surface area (Å²) in [6, 6.07) is 7.10. The second-order valence-corrected chi connectivity index (χ2v) is 7.56. The van der Waals surface area contributed by atoms with E-state index < -0.39 is 0 Å². The van der Waals surface area contributed by atoms with Crippen LogP contribution < -0.4 is 10.1 Å². The Morgan fingerprint density at radius 3 is 2.90 bits per heavy atom. The molecule has 4 rings (SSSR count). The quantitative estimate of drug-likeness (QED) is 0.689. The molecule has 3 heterocycles. The SMILES string of the molecule is COc1ccc(F)c(-c2cnn3ccc(NCCN4CCN(C)C[C@@H]4C)nc23)c1. The molecule has 0 amide bonds. The number of aromatic nitrogens is 3. The van der Waals surface area contributed by atoms with Crippen LogP contribution in [0, 0.1) is 5.82 Å². The number of ether oxygens (including phenoxy) is 1. The van der Waals surface area contributed by atoms with E-state index in [1.54, 1.807) is 30.0 Å². The van der Waals surface area contributed by atoms with Gasteiger partial charge in [-0.25, -0.2) is 13.9 Å². The Bertz CT molecular complexity index is 990. The van der Waals surface area contributed by atoms with Gasteiger partial charge < -0.3 is 15.0 Å². The van der Waals surface area contributed by atoms with Crippen LogP contribution >= 0.6 is 0 Å². The van der Waals surface area contributed by atoms with E-state index in [-0.39, 0.29) is 5.82 Å². The number of rotatable bonds is 6. The van der Waals surface area contributed by atoms with Crippen molar-refractivity contribution in [3.63, 3.8) is 0 Å². The summed E-state index contributed by atoms with van der Waals surface area (Å²) in [5, 5.41) is 7.71. The highest BCUT2D eigenvalue weighted by atomic mass is 19.1. The van der Waals surface area contributed by atoms with Gasteiger partial charge in [-0.1, -0.05) is 0 Å². The lowest BCUT2D eigenvalue weighted by Crippen LogP contribution is -2.51. The molecular formula is C21H27FN6O. The minimum atomic E-state index is -0.329. The maximum atomic E-state index is 14.4. The van der Waals surface area contributed by atoms with Crippen molar-refractivity contribution >= 4 is 11.5 Å². The molecule has 1 saturated heterocycles.